The summed E-state index contributed by atoms with van der Waals surface area (Å²) in [6.45, 7) is 3.66. The predicted octanol–water partition coefficient (Wildman–Crippen LogP) is 2.42. The highest BCUT2D eigenvalue weighted by Gasteiger charge is 2.47. The largest absolute Gasteiger partial charge is 0.439 e. The van der Waals surface area contributed by atoms with Gasteiger partial charge in [-0.15, -0.1) is 0 Å². The second-order valence-corrected chi connectivity index (χ2v) is 7.71. The van der Waals surface area contributed by atoms with E-state index in [0.717, 1.165) is 24.0 Å². The molecule has 0 radical (unpaired) electrons. The van der Waals surface area contributed by atoms with Gasteiger partial charge in [-0.3, -0.25) is 4.79 Å². The number of benzene rings is 1. The van der Waals surface area contributed by atoms with E-state index in [-0.39, 0.29) is 18.4 Å². The Bertz CT molecular complexity index is 896. The third kappa shape index (κ3) is 3.72. The van der Waals surface area contributed by atoms with Crippen LogP contribution in [-0.4, -0.2) is 64.2 Å². The molecule has 1 atom stereocenters. The maximum absolute atomic E-state index is 12.7. The molecule has 0 saturated carbocycles. The lowest BCUT2D eigenvalue weighted by Gasteiger charge is -2.38. The third-order valence-corrected chi connectivity index (χ3v) is 5.33. The fourth-order valence-corrected chi connectivity index (χ4v) is 3.95. The van der Waals surface area contributed by atoms with Gasteiger partial charge in [0.2, 0.25) is 17.6 Å². The normalized spacial score (nSPS) is 22.0. The highest BCUT2D eigenvalue weighted by molar-refractivity contribution is 5.77. The Morgan fingerprint density at radius 1 is 1.32 bits per heavy atom. The standard InChI is InChI=1S/C20H24N4O4/c1-14-5-3-6-15(11-14)18-21-16(28-22-18)7-8-17(25)24-10-4-9-20(13-24)12-23(2)19(26)27-20/h3,5-6,11H,4,7-10,12-13H2,1-2H3. The van der Waals surface area contributed by atoms with E-state index >= 15 is 0 Å². The zero-order chi connectivity index (χ0) is 19.7. The minimum atomic E-state index is -0.567. The molecule has 4 rings (SSSR count). The molecule has 0 bridgehead atoms. The lowest BCUT2D eigenvalue weighted by atomic mass is 9.92. The maximum atomic E-state index is 12.7. The topological polar surface area (TPSA) is 88.8 Å². The van der Waals surface area contributed by atoms with E-state index in [2.05, 4.69) is 10.1 Å². The molecular weight excluding hydrogens is 360 g/mol. The highest BCUT2D eigenvalue weighted by atomic mass is 16.6. The van der Waals surface area contributed by atoms with Gasteiger partial charge in [-0.25, -0.2) is 4.79 Å². The van der Waals surface area contributed by atoms with E-state index in [1.54, 1.807) is 16.8 Å². The van der Waals surface area contributed by atoms with Crippen molar-refractivity contribution in [2.75, 3.05) is 26.7 Å². The van der Waals surface area contributed by atoms with Gasteiger partial charge in [-0.2, -0.15) is 4.98 Å². The molecule has 1 aromatic heterocycles. The second-order valence-electron chi connectivity index (χ2n) is 7.71. The van der Waals surface area contributed by atoms with Crippen LogP contribution in [0.25, 0.3) is 11.4 Å². The van der Waals surface area contributed by atoms with Gasteiger partial charge in [0.1, 0.15) is 5.60 Å². The van der Waals surface area contributed by atoms with Gasteiger partial charge in [-0.1, -0.05) is 28.9 Å². The number of rotatable bonds is 4. The Morgan fingerprint density at radius 3 is 2.93 bits per heavy atom. The van der Waals surface area contributed by atoms with Gasteiger partial charge in [0, 0.05) is 32.0 Å². The Hall–Kier alpha value is -2.90. The number of hydrogen-bond acceptors (Lipinski definition) is 6. The number of likely N-dealkylation sites (N-methyl/N-ethyl adjacent to an activating group) is 1. The number of piperidine rings is 1. The molecule has 1 aromatic carbocycles. The van der Waals surface area contributed by atoms with Crippen LogP contribution in [0.2, 0.25) is 0 Å². The van der Waals surface area contributed by atoms with Crippen molar-refractivity contribution < 1.29 is 18.8 Å². The molecule has 2 aliphatic heterocycles. The zero-order valence-electron chi connectivity index (χ0n) is 16.2. The SMILES string of the molecule is Cc1cccc(-c2noc(CCC(=O)N3CCCC4(CN(C)C(=O)O4)C3)n2)c1. The van der Waals surface area contributed by atoms with Crippen molar-refractivity contribution in [3.05, 3.63) is 35.7 Å². The van der Waals surface area contributed by atoms with Gasteiger partial charge < -0.3 is 19.1 Å². The summed E-state index contributed by atoms with van der Waals surface area (Å²) in [5, 5.41) is 4.02. The smallest absolute Gasteiger partial charge is 0.410 e. The van der Waals surface area contributed by atoms with E-state index < -0.39 is 5.60 Å². The van der Waals surface area contributed by atoms with Crippen molar-refractivity contribution in [2.24, 2.45) is 0 Å². The number of likely N-dealkylation sites (tertiary alicyclic amines) is 1. The minimum absolute atomic E-state index is 0.0139. The molecule has 1 unspecified atom stereocenters. The minimum Gasteiger partial charge on any atom is -0.439 e. The van der Waals surface area contributed by atoms with Crippen LogP contribution in [0, 0.1) is 6.92 Å². The lowest BCUT2D eigenvalue weighted by Crippen LogP contribution is -2.52. The number of nitrogens with zero attached hydrogens (tertiary/aromatic N) is 4. The highest BCUT2D eigenvalue weighted by Crippen LogP contribution is 2.31. The van der Waals surface area contributed by atoms with Gasteiger partial charge in [0.15, 0.2) is 0 Å². The number of aryl methyl sites for hydroxylation is 2. The van der Waals surface area contributed by atoms with E-state index in [1.165, 1.54) is 0 Å². The Labute approximate surface area is 163 Å². The molecule has 1 spiro atoms. The van der Waals surface area contributed by atoms with Crippen molar-refractivity contribution in [3.63, 3.8) is 0 Å². The fourth-order valence-electron chi connectivity index (χ4n) is 3.95. The zero-order valence-corrected chi connectivity index (χ0v) is 16.2. The van der Waals surface area contributed by atoms with Crippen LogP contribution in [0.4, 0.5) is 4.79 Å². The molecule has 2 aliphatic rings. The first-order valence-corrected chi connectivity index (χ1v) is 9.56. The number of carbonyl (C=O) groups is 2. The quantitative estimate of drug-likeness (QED) is 0.804. The van der Waals surface area contributed by atoms with E-state index in [4.69, 9.17) is 9.26 Å². The summed E-state index contributed by atoms with van der Waals surface area (Å²) in [7, 11) is 1.72. The molecule has 2 fully saturated rings. The van der Waals surface area contributed by atoms with Crippen LogP contribution in [0.1, 0.15) is 30.7 Å². The first kappa shape index (κ1) is 18.5. The van der Waals surface area contributed by atoms with Gasteiger partial charge in [-0.05, 0) is 25.8 Å². The van der Waals surface area contributed by atoms with Crippen LogP contribution >= 0.6 is 0 Å². The van der Waals surface area contributed by atoms with Gasteiger partial charge in [0.05, 0.1) is 13.1 Å². The lowest BCUT2D eigenvalue weighted by molar-refractivity contribution is -0.136. The summed E-state index contributed by atoms with van der Waals surface area (Å²) >= 11 is 0. The fraction of sp³-hybridized carbons (Fsp3) is 0.500. The second kappa shape index (κ2) is 7.26. The average Bonchev–Trinajstić information content (AvgIpc) is 3.24. The van der Waals surface area contributed by atoms with Crippen molar-refractivity contribution in [3.8, 4) is 11.4 Å². The summed E-state index contributed by atoms with van der Waals surface area (Å²) in [5.74, 6) is 0.993. The van der Waals surface area contributed by atoms with E-state index in [0.29, 0.717) is 37.8 Å². The van der Waals surface area contributed by atoms with Gasteiger partial charge >= 0.3 is 6.09 Å². The molecule has 3 heterocycles. The molecule has 2 saturated heterocycles. The van der Waals surface area contributed by atoms with Crippen LogP contribution in [0.15, 0.2) is 28.8 Å². The van der Waals surface area contributed by atoms with E-state index in [9.17, 15) is 9.59 Å². The first-order valence-electron chi connectivity index (χ1n) is 9.56. The van der Waals surface area contributed by atoms with E-state index in [1.807, 2.05) is 31.2 Å². The molecule has 8 nitrogen and oxygen atoms in total. The molecule has 28 heavy (non-hydrogen) atoms. The van der Waals surface area contributed by atoms with Gasteiger partial charge in [0.25, 0.3) is 0 Å². The predicted molar refractivity (Wildman–Crippen MR) is 100 cm³/mol. The van der Waals surface area contributed by atoms with Crippen LogP contribution in [0.3, 0.4) is 0 Å². The summed E-state index contributed by atoms with van der Waals surface area (Å²) < 4.78 is 10.9. The Kier molecular flexibility index (Phi) is 4.78. The average molecular weight is 384 g/mol. The molecule has 8 heteroatoms. The molecule has 2 aromatic rings. The summed E-state index contributed by atoms with van der Waals surface area (Å²) in [4.78, 5) is 32.2. The summed E-state index contributed by atoms with van der Waals surface area (Å²) in [6, 6.07) is 7.88. The molecular formula is C20H24N4O4. The number of hydrogen-bond donors (Lipinski definition) is 0. The molecule has 148 valence electrons. The Morgan fingerprint density at radius 2 is 2.18 bits per heavy atom. The third-order valence-electron chi connectivity index (χ3n) is 5.33. The maximum Gasteiger partial charge on any atom is 0.410 e. The van der Waals surface area contributed by atoms with Crippen molar-refractivity contribution in [1.29, 1.82) is 0 Å². The summed E-state index contributed by atoms with van der Waals surface area (Å²) in [6.07, 6.45) is 1.97. The molecule has 0 aliphatic carbocycles. The number of carbonyl (C=O) groups excluding carboxylic acids is 2. The van der Waals surface area contributed by atoms with Crippen molar-refractivity contribution in [1.82, 2.24) is 19.9 Å². The summed E-state index contributed by atoms with van der Waals surface area (Å²) in [5.41, 5.74) is 1.45. The van der Waals surface area contributed by atoms with Crippen LogP contribution < -0.4 is 0 Å². The molecule has 2 amide bonds. The number of ether oxygens (including phenoxy) is 1. The van der Waals surface area contributed by atoms with Crippen LogP contribution in [0.5, 0.6) is 0 Å². The molecule has 0 N–H and O–H groups in total. The monoisotopic (exact) mass is 384 g/mol. The number of aromatic nitrogens is 2. The van der Waals surface area contributed by atoms with Crippen molar-refractivity contribution in [2.45, 2.75) is 38.2 Å². The first-order chi connectivity index (χ1) is 13.4. The van der Waals surface area contributed by atoms with Crippen molar-refractivity contribution >= 4 is 12.0 Å². The Balaban J connectivity index is 1.35. The van der Waals surface area contributed by atoms with Crippen LogP contribution in [-0.2, 0) is 16.0 Å². The number of amides is 2.